The number of nitrogens with zero attached hydrogens (tertiary/aromatic N) is 1. The van der Waals surface area contributed by atoms with Gasteiger partial charge in [0, 0.05) is 17.6 Å². The molecular weight excluding hydrogens is 270 g/mol. The quantitative estimate of drug-likeness (QED) is 0.893. The molecule has 3 unspecified atom stereocenters. The lowest BCUT2D eigenvalue weighted by atomic mass is 9.98. The lowest BCUT2D eigenvalue weighted by molar-refractivity contribution is 0.0932. The zero-order valence-electron chi connectivity index (χ0n) is 11.7. The average molecular weight is 289 g/mol. The van der Waals surface area contributed by atoms with Gasteiger partial charge in [0.2, 0.25) is 0 Å². The number of aromatic nitrogens is 1. The fraction of sp³-hybridized carbons (Fsp3) is 0.467. The summed E-state index contributed by atoms with van der Waals surface area (Å²) in [6.07, 6.45) is 3.95. The highest BCUT2D eigenvalue weighted by molar-refractivity contribution is 7.21. The van der Waals surface area contributed by atoms with E-state index in [9.17, 15) is 4.79 Å². The first-order chi connectivity index (χ1) is 9.58. The summed E-state index contributed by atoms with van der Waals surface area (Å²) >= 11 is 1.37. The van der Waals surface area contributed by atoms with Crippen molar-refractivity contribution in [1.82, 2.24) is 10.3 Å². The number of hydrogen-bond acceptors (Lipinski definition) is 4. The Hall–Kier alpha value is -1.62. The molecule has 0 aromatic carbocycles. The smallest absolute Gasteiger partial charge is 0.263 e. The van der Waals surface area contributed by atoms with Gasteiger partial charge in [0.05, 0.1) is 5.69 Å². The Bertz CT molecular complexity index is 652. The molecule has 0 radical (unpaired) electrons. The molecule has 3 atom stereocenters. The predicted octanol–water partition coefficient (Wildman–Crippen LogP) is 3.04. The molecule has 2 heterocycles. The minimum absolute atomic E-state index is 0.0588. The Balaban J connectivity index is 1.84. The van der Waals surface area contributed by atoms with Crippen LogP contribution in [0.15, 0.2) is 18.3 Å². The highest BCUT2D eigenvalue weighted by atomic mass is 32.1. The van der Waals surface area contributed by atoms with E-state index in [0.29, 0.717) is 22.4 Å². The maximum absolute atomic E-state index is 12.4. The Morgan fingerprint density at radius 3 is 2.90 bits per heavy atom. The number of anilines is 1. The van der Waals surface area contributed by atoms with Gasteiger partial charge in [0.1, 0.15) is 9.71 Å². The van der Waals surface area contributed by atoms with Crippen LogP contribution >= 0.6 is 11.3 Å². The molecule has 1 aliphatic carbocycles. The summed E-state index contributed by atoms with van der Waals surface area (Å²) < 4.78 is 0. The van der Waals surface area contributed by atoms with Crippen LogP contribution in [0.3, 0.4) is 0 Å². The van der Waals surface area contributed by atoms with Crippen molar-refractivity contribution >= 4 is 33.1 Å². The molecule has 3 rings (SSSR count). The van der Waals surface area contributed by atoms with Gasteiger partial charge in [0.15, 0.2) is 0 Å². The molecule has 0 aliphatic heterocycles. The molecule has 1 aliphatic rings. The third kappa shape index (κ3) is 2.16. The van der Waals surface area contributed by atoms with Crippen molar-refractivity contribution in [3.63, 3.8) is 0 Å². The summed E-state index contributed by atoms with van der Waals surface area (Å²) in [7, 11) is 0. The second-order valence-corrected chi connectivity index (χ2v) is 6.69. The highest BCUT2D eigenvalue weighted by Crippen LogP contribution is 2.34. The van der Waals surface area contributed by atoms with Crippen LogP contribution in [0.5, 0.6) is 0 Å². The minimum Gasteiger partial charge on any atom is -0.397 e. The predicted molar refractivity (Wildman–Crippen MR) is 82.8 cm³/mol. The molecule has 106 valence electrons. The van der Waals surface area contributed by atoms with E-state index in [1.54, 1.807) is 6.20 Å². The fourth-order valence-corrected chi connectivity index (χ4v) is 3.89. The standard InChI is InChI=1S/C15H19N3OS/c1-8-5-6-11(9(8)2)18-14(19)13-12(16)10-4-3-7-17-15(10)20-13/h3-4,7-9,11H,5-6,16H2,1-2H3,(H,18,19). The number of thiophene rings is 1. The van der Waals surface area contributed by atoms with Crippen LogP contribution in [-0.2, 0) is 0 Å². The van der Waals surface area contributed by atoms with Gasteiger partial charge < -0.3 is 11.1 Å². The van der Waals surface area contributed by atoms with Crippen LogP contribution in [0.2, 0.25) is 0 Å². The molecule has 1 fully saturated rings. The molecule has 4 nitrogen and oxygen atoms in total. The normalized spacial score (nSPS) is 26.0. The van der Waals surface area contributed by atoms with Crippen molar-refractivity contribution < 1.29 is 4.79 Å². The molecule has 0 bridgehead atoms. The van der Waals surface area contributed by atoms with E-state index in [1.165, 1.54) is 17.8 Å². The molecule has 1 amide bonds. The summed E-state index contributed by atoms with van der Waals surface area (Å²) in [6.45, 7) is 4.45. The number of nitrogens with two attached hydrogens (primary N) is 1. The van der Waals surface area contributed by atoms with E-state index >= 15 is 0 Å². The largest absolute Gasteiger partial charge is 0.397 e. The maximum atomic E-state index is 12.4. The van der Waals surface area contributed by atoms with Crippen molar-refractivity contribution in [2.24, 2.45) is 11.8 Å². The maximum Gasteiger partial charge on any atom is 0.263 e. The number of carbonyl (C=O) groups excluding carboxylic acids is 1. The molecule has 0 spiro atoms. The Labute approximate surface area is 122 Å². The number of carbonyl (C=O) groups is 1. The van der Waals surface area contributed by atoms with E-state index in [4.69, 9.17) is 5.73 Å². The van der Waals surface area contributed by atoms with E-state index < -0.39 is 0 Å². The van der Waals surface area contributed by atoms with Gasteiger partial charge in [0.25, 0.3) is 5.91 Å². The van der Waals surface area contributed by atoms with Crippen molar-refractivity contribution in [2.45, 2.75) is 32.7 Å². The molecule has 5 heteroatoms. The third-order valence-corrected chi connectivity index (χ3v) is 5.62. The minimum atomic E-state index is -0.0588. The van der Waals surface area contributed by atoms with E-state index in [2.05, 4.69) is 24.1 Å². The molecule has 1 saturated carbocycles. The monoisotopic (exact) mass is 289 g/mol. The highest BCUT2D eigenvalue weighted by Gasteiger charge is 2.31. The van der Waals surface area contributed by atoms with Gasteiger partial charge in [-0.3, -0.25) is 4.79 Å². The first-order valence-corrected chi connectivity index (χ1v) is 7.83. The lowest BCUT2D eigenvalue weighted by Crippen LogP contribution is -2.37. The Morgan fingerprint density at radius 1 is 1.45 bits per heavy atom. The van der Waals surface area contributed by atoms with Gasteiger partial charge in [-0.05, 0) is 36.8 Å². The lowest BCUT2D eigenvalue weighted by Gasteiger charge is -2.19. The number of pyridine rings is 1. The van der Waals surface area contributed by atoms with Crippen LogP contribution in [-0.4, -0.2) is 16.9 Å². The molecule has 20 heavy (non-hydrogen) atoms. The first-order valence-electron chi connectivity index (χ1n) is 7.01. The summed E-state index contributed by atoms with van der Waals surface area (Å²) in [4.78, 5) is 18.1. The number of rotatable bonds is 2. The van der Waals surface area contributed by atoms with Crippen LogP contribution in [0.4, 0.5) is 5.69 Å². The molecule has 0 saturated heterocycles. The summed E-state index contributed by atoms with van der Waals surface area (Å²) in [5.41, 5.74) is 6.64. The molecule has 3 N–H and O–H groups in total. The second-order valence-electron chi connectivity index (χ2n) is 5.69. The number of amides is 1. The topological polar surface area (TPSA) is 68.0 Å². The van der Waals surface area contributed by atoms with Gasteiger partial charge in [-0.15, -0.1) is 11.3 Å². The first kappa shape index (κ1) is 13.4. The summed E-state index contributed by atoms with van der Waals surface area (Å²) in [5, 5.41) is 4.01. The third-order valence-electron chi connectivity index (χ3n) is 4.49. The number of hydrogen-bond donors (Lipinski definition) is 2. The van der Waals surface area contributed by atoms with Crippen LogP contribution in [0, 0.1) is 11.8 Å². The van der Waals surface area contributed by atoms with Crippen molar-refractivity contribution in [3.05, 3.63) is 23.2 Å². The summed E-state index contributed by atoms with van der Waals surface area (Å²) in [5.74, 6) is 1.13. The van der Waals surface area contributed by atoms with Gasteiger partial charge in [-0.2, -0.15) is 0 Å². The zero-order valence-corrected chi connectivity index (χ0v) is 12.5. The van der Waals surface area contributed by atoms with Crippen LogP contribution < -0.4 is 11.1 Å². The van der Waals surface area contributed by atoms with Crippen LogP contribution in [0.25, 0.3) is 10.2 Å². The average Bonchev–Trinajstić information content (AvgIpc) is 2.94. The number of nitrogen functional groups attached to an aromatic ring is 1. The van der Waals surface area contributed by atoms with Crippen molar-refractivity contribution in [3.8, 4) is 0 Å². The van der Waals surface area contributed by atoms with E-state index in [1.807, 2.05) is 12.1 Å². The van der Waals surface area contributed by atoms with E-state index in [-0.39, 0.29) is 11.9 Å². The SMILES string of the molecule is CC1CCC(NC(=O)c2sc3ncccc3c2N)C1C. The van der Waals surface area contributed by atoms with Gasteiger partial charge in [-0.25, -0.2) is 4.98 Å². The molecular formula is C15H19N3OS. The van der Waals surface area contributed by atoms with Gasteiger partial charge >= 0.3 is 0 Å². The fourth-order valence-electron chi connectivity index (χ4n) is 2.92. The van der Waals surface area contributed by atoms with Crippen molar-refractivity contribution in [2.75, 3.05) is 5.73 Å². The Morgan fingerprint density at radius 2 is 2.25 bits per heavy atom. The number of fused-ring (bicyclic) bond motifs is 1. The molecule has 2 aromatic rings. The van der Waals surface area contributed by atoms with Gasteiger partial charge in [-0.1, -0.05) is 13.8 Å². The van der Waals surface area contributed by atoms with E-state index in [0.717, 1.165) is 16.6 Å². The van der Waals surface area contributed by atoms with Crippen LogP contribution in [0.1, 0.15) is 36.4 Å². The second kappa shape index (κ2) is 5.05. The Kier molecular flexibility index (Phi) is 3.38. The molecule has 2 aromatic heterocycles. The van der Waals surface area contributed by atoms with Crippen molar-refractivity contribution in [1.29, 1.82) is 0 Å². The summed E-state index contributed by atoms with van der Waals surface area (Å²) in [6, 6.07) is 4.01. The number of nitrogens with one attached hydrogen (secondary N) is 1. The zero-order chi connectivity index (χ0) is 14.3.